The van der Waals surface area contributed by atoms with Crippen LogP contribution in [0.3, 0.4) is 0 Å². The molecule has 1 aliphatic rings. The Balaban J connectivity index is 1.49. The van der Waals surface area contributed by atoms with Gasteiger partial charge < -0.3 is 15.0 Å². The molecule has 0 unspecified atom stereocenters. The van der Waals surface area contributed by atoms with E-state index in [9.17, 15) is 4.79 Å². The highest BCUT2D eigenvalue weighted by Gasteiger charge is 2.26. The van der Waals surface area contributed by atoms with Crippen molar-refractivity contribution >= 4 is 11.6 Å². The first-order chi connectivity index (χ1) is 14.1. The summed E-state index contributed by atoms with van der Waals surface area (Å²) in [5, 5.41) is 3.18. The predicted octanol–water partition coefficient (Wildman–Crippen LogP) is 3.52. The Morgan fingerprint density at radius 1 is 1.07 bits per heavy atom. The maximum absolute atomic E-state index is 12.7. The summed E-state index contributed by atoms with van der Waals surface area (Å²) in [5.74, 6) is 1.35. The molecule has 1 N–H and O–H groups in total. The van der Waals surface area contributed by atoms with Gasteiger partial charge in [0.15, 0.2) is 0 Å². The molecule has 1 heterocycles. The second-order valence-electron chi connectivity index (χ2n) is 7.66. The van der Waals surface area contributed by atoms with Crippen molar-refractivity contribution in [3.05, 3.63) is 60.2 Å². The third-order valence-corrected chi connectivity index (χ3v) is 5.95. The zero-order chi connectivity index (χ0) is 20.6. The maximum Gasteiger partial charge on any atom is 0.237 e. The Morgan fingerprint density at radius 2 is 1.79 bits per heavy atom. The normalized spacial score (nSPS) is 16.9. The van der Waals surface area contributed by atoms with Crippen LogP contribution in [0.4, 0.5) is 5.69 Å². The van der Waals surface area contributed by atoms with Crippen molar-refractivity contribution in [1.82, 2.24) is 10.2 Å². The summed E-state index contributed by atoms with van der Waals surface area (Å²) in [7, 11) is 1.69. The van der Waals surface area contributed by atoms with E-state index in [0.717, 1.165) is 38.3 Å². The lowest BCUT2D eigenvalue weighted by atomic mass is 9.96. The molecule has 0 bridgehead atoms. The van der Waals surface area contributed by atoms with E-state index < -0.39 is 0 Å². The second-order valence-corrected chi connectivity index (χ2v) is 7.66. The Morgan fingerprint density at radius 3 is 2.45 bits per heavy atom. The first kappa shape index (κ1) is 21.2. The molecule has 0 spiro atoms. The fourth-order valence-electron chi connectivity index (χ4n) is 3.94. The molecule has 2 atom stereocenters. The standard InChI is InChI=1S/C24H33N3O2/c1-4-20(21-9-6-5-7-10-21)18-25-24(28)19(2)26-13-15-27(16-14-26)22-11-8-12-23(17-22)29-3/h5-12,17,19-20H,4,13-16,18H2,1-3H3,(H,25,28)/t19-,20-/m0/s1. The molecule has 1 aliphatic heterocycles. The van der Waals surface area contributed by atoms with Gasteiger partial charge in [0.25, 0.3) is 0 Å². The summed E-state index contributed by atoms with van der Waals surface area (Å²) in [5.41, 5.74) is 2.46. The number of rotatable bonds is 8. The molecular formula is C24H33N3O2. The summed E-state index contributed by atoms with van der Waals surface area (Å²) in [6.07, 6.45) is 1.01. The van der Waals surface area contributed by atoms with E-state index in [4.69, 9.17) is 4.74 Å². The van der Waals surface area contributed by atoms with E-state index in [1.807, 2.05) is 25.1 Å². The Kier molecular flexibility index (Phi) is 7.53. The topological polar surface area (TPSA) is 44.8 Å². The van der Waals surface area contributed by atoms with Gasteiger partial charge in [-0.05, 0) is 31.0 Å². The van der Waals surface area contributed by atoms with Gasteiger partial charge in [0.2, 0.25) is 5.91 Å². The third-order valence-electron chi connectivity index (χ3n) is 5.95. The highest BCUT2D eigenvalue weighted by atomic mass is 16.5. The number of benzene rings is 2. The largest absolute Gasteiger partial charge is 0.497 e. The number of carbonyl (C=O) groups is 1. The quantitative estimate of drug-likeness (QED) is 0.743. The zero-order valence-electron chi connectivity index (χ0n) is 17.8. The van der Waals surface area contributed by atoms with E-state index in [1.54, 1.807) is 7.11 Å². The van der Waals surface area contributed by atoms with Crippen LogP contribution in [0, 0.1) is 0 Å². The fraction of sp³-hybridized carbons (Fsp3) is 0.458. The van der Waals surface area contributed by atoms with Gasteiger partial charge in [0.05, 0.1) is 13.2 Å². The number of nitrogens with one attached hydrogen (secondary N) is 1. The minimum atomic E-state index is -0.115. The minimum Gasteiger partial charge on any atom is -0.497 e. The van der Waals surface area contributed by atoms with Gasteiger partial charge in [-0.2, -0.15) is 0 Å². The molecule has 5 nitrogen and oxygen atoms in total. The van der Waals surface area contributed by atoms with Gasteiger partial charge in [-0.25, -0.2) is 0 Å². The monoisotopic (exact) mass is 395 g/mol. The van der Waals surface area contributed by atoms with Crippen LogP contribution in [0.15, 0.2) is 54.6 Å². The van der Waals surface area contributed by atoms with Gasteiger partial charge in [0.1, 0.15) is 5.75 Å². The molecule has 1 saturated heterocycles. The lowest BCUT2D eigenvalue weighted by molar-refractivity contribution is -0.126. The van der Waals surface area contributed by atoms with Gasteiger partial charge in [-0.1, -0.05) is 43.3 Å². The average molecular weight is 396 g/mol. The Bertz CT molecular complexity index is 773. The van der Waals surface area contributed by atoms with Gasteiger partial charge in [-0.3, -0.25) is 9.69 Å². The van der Waals surface area contributed by atoms with Crippen LogP contribution in [0.2, 0.25) is 0 Å². The Labute approximate surface area is 174 Å². The number of ether oxygens (including phenoxy) is 1. The average Bonchev–Trinajstić information content (AvgIpc) is 2.79. The molecule has 2 aromatic rings. The van der Waals surface area contributed by atoms with E-state index in [1.165, 1.54) is 11.3 Å². The number of amides is 1. The highest BCUT2D eigenvalue weighted by Crippen LogP contribution is 2.23. The molecule has 0 radical (unpaired) electrons. The number of nitrogens with zero attached hydrogens (tertiary/aromatic N) is 2. The molecule has 156 valence electrons. The van der Waals surface area contributed by atoms with E-state index in [0.29, 0.717) is 12.5 Å². The van der Waals surface area contributed by atoms with Crippen molar-refractivity contribution in [2.75, 3.05) is 44.7 Å². The first-order valence-electron chi connectivity index (χ1n) is 10.6. The van der Waals surface area contributed by atoms with Crippen LogP contribution >= 0.6 is 0 Å². The minimum absolute atomic E-state index is 0.115. The molecule has 5 heteroatoms. The number of hydrogen-bond donors (Lipinski definition) is 1. The van der Waals surface area contributed by atoms with Crippen molar-refractivity contribution in [2.45, 2.75) is 32.2 Å². The van der Waals surface area contributed by atoms with Crippen molar-refractivity contribution in [3.63, 3.8) is 0 Å². The molecule has 1 fully saturated rings. The number of piperazine rings is 1. The fourth-order valence-corrected chi connectivity index (χ4v) is 3.94. The first-order valence-corrected chi connectivity index (χ1v) is 10.6. The summed E-state index contributed by atoms with van der Waals surface area (Å²) in [6, 6.07) is 18.5. The molecular weight excluding hydrogens is 362 g/mol. The molecule has 1 amide bonds. The molecule has 3 rings (SSSR count). The molecule has 0 aromatic heterocycles. The molecule has 0 saturated carbocycles. The Hall–Kier alpha value is -2.53. The summed E-state index contributed by atoms with van der Waals surface area (Å²) in [4.78, 5) is 17.4. The summed E-state index contributed by atoms with van der Waals surface area (Å²) < 4.78 is 5.33. The number of anilines is 1. The van der Waals surface area contributed by atoms with Gasteiger partial charge in [0, 0.05) is 50.4 Å². The van der Waals surface area contributed by atoms with Crippen LogP contribution in [-0.4, -0.2) is 56.7 Å². The lowest BCUT2D eigenvalue weighted by Crippen LogP contribution is -2.54. The zero-order valence-corrected chi connectivity index (χ0v) is 17.8. The number of methoxy groups -OCH3 is 1. The SMILES string of the molecule is CC[C@@H](CNC(=O)[C@H](C)N1CCN(c2cccc(OC)c2)CC1)c1ccccc1. The van der Waals surface area contributed by atoms with Gasteiger partial charge >= 0.3 is 0 Å². The van der Waals surface area contributed by atoms with Crippen LogP contribution in [0.5, 0.6) is 5.75 Å². The number of carbonyl (C=O) groups excluding carboxylic acids is 1. The lowest BCUT2D eigenvalue weighted by Gasteiger charge is -2.38. The van der Waals surface area contributed by atoms with Crippen LogP contribution < -0.4 is 15.0 Å². The summed E-state index contributed by atoms with van der Waals surface area (Å²) >= 11 is 0. The van der Waals surface area contributed by atoms with Crippen molar-refractivity contribution in [3.8, 4) is 5.75 Å². The van der Waals surface area contributed by atoms with Crippen LogP contribution in [0.1, 0.15) is 31.7 Å². The van der Waals surface area contributed by atoms with Crippen LogP contribution in [0.25, 0.3) is 0 Å². The maximum atomic E-state index is 12.7. The number of hydrogen-bond acceptors (Lipinski definition) is 4. The molecule has 2 aromatic carbocycles. The summed E-state index contributed by atoms with van der Waals surface area (Å²) in [6.45, 7) is 8.45. The van der Waals surface area contributed by atoms with Crippen LogP contribution in [-0.2, 0) is 4.79 Å². The molecule has 29 heavy (non-hydrogen) atoms. The van der Waals surface area contributed by atoms with Crippen molar-refractivity contribution in [1.29, 1.82) is 0 Å². The second kappa shape index (κ2) is 10.3. The highest BCUT2D eigenvalue weighted by molar-refractivity contribution is 5.81. The smallest absolute Gasteiger partial charge is 0.237 e. The van der Waals surface area contributed by atoms with Crippen molar-refractivity contribution < 1.29 is 9.53 Å². The van der Waals surface area contributed by atoms with E-state index in [-0.39, 0.29) is 11.9 Å². The third kappa shape index (κ3) is 5.51. The van der Waals surface area contributed by atoms with E-state index in [2.05, 4.69) is 58.4 Å². The van der Waals surface area contributed by atoms with Gasteiger partial charge in [-0.15, -0.1) is 0 Å². The molecule has 0 aliphatic carbocycles. The predicted molar refractivity (Wildman–Crippen MR) is 119 cm³/mol. The van der Waals surface area contributed by atoms with E-state index >= 15 is 0 Å². The van der Waals surface area contributed by atoms with Crippen molar-refractivity contribution in [2.24, 2.45) is 0 Å².